The van der Waals surface area contributed by atoms with Crippen molar-refractivity contribution in [3.63, 3.8) is 0 Å². The zero-order valence-corrected chi connectivity index (χ0v) is 16.0. The van der Waals surface area contributed by atoms with E-state index in [-0.39, 0.29) is 0 Å². The van der Waals surface area contributed by atoms with Gasteiger partial charge in [-0.25, -0.2) is 4.79 Å². The summed E-state index contributed by atoms with van der Waals surface area (Å²) in [6, 6.07) is 0. The lowest BCUT2D eigenvalue weighted by Gasteiger charge is -2.07. The van der Waals surface area contributed by atoms with E-state index in [0.29, 0.717) is 5.57 Å². The Hall–Kier alpha value is -0.790. The van der Waals surface area contributed by atoms with Crippen molar-refractivity contribution in [1.82, 2.24) is 0 Å². The molecule has 0 saturated carbocycles. The van der Waals surface area contributed by atoms with Gasteiger partial charge in [-0.3, -0.25) is 0 Å². The number of allylic oxidation sites excluding steroid dienone is 1. The van der Waals surface area contributed by atoms with E-state index in [4.69, 9.17) is 5.11 Å². The van der Waals surface area contributed by atoms with Gasteiger partial charge in [0, 0.05) is 5.57 Å². The second-order valence-electron chi connectivity index (χ2n) is 6.88. The van der Waals surface area contributed by atoms with Gasteiger partial charge in [0.25, 0.3) is 0 Å². The highest BCUT2D eigenvalue weighted by Gasteiger charge is 2.07. The Morgan fingerprint density at radius 1 is 0.696 bits per heavy atom. The first kappa shape index (κ1) is 22.2. The standard InChI is InChI=1S/C21H40O2/c1-4-6-7-8-9-10-11-12-13-14-15-16-17-18-20(5-2)19(3)21(22)23/h4-18H2,1-3H3,(H,22,23). The van der Waals surface area contributed by atoms with Crippen LogP contribution in [0, 0.1) is 0 Å². The Labute approximate surface area is 144 Å². The fraction of sp³-hybridized carbons (Fsp3) is 0.857. The Kier molecular flexibility index (Phi) is 15.5. The van der Waals surface area contributed by atoms with Crippen molar-refractivity contribution in [3.05, 3.63) is 11.1 Å². The van der Waals surface area contributed by atoms with Gasteiger partial charge in [-0.2, -0.15) is 0 Å². The van der Waals surface area contributed by atoms with Crippen molar-refractivity contribution in [2.45, 2.75) is 117 Å². The molecule has 0 aromatic carbocycles. The van der Waals surface area contributed by atoms with E-state index in [1.807, 2.05) is 0 Å². The quantitative estimate of drug-likeness (QED) is 0.239. The third kappa shape index (κ3) is 13.4. The van der Waals surface area contributed by atoms with Crippen LogP contribution in [0.15, 0.2) is 11.1 Å². The first-order valence-corrected chi connectivity index (χ1v) is 10.0. The molecule has 0 fully saturated rings. The third-order valence-electron chi connectivity index (χ3n) is 4.86. The molecule has 0 aliphatic carbocycles. The molecule has 0 aromatic heterocycles. The second-order valence-corrected chi connectivity index (χ2v) is 6.88. The van der Waals surface area contributed by atoms with Crippen LogP contribution in [0.3, 0.4) is 0 Å². The van der Waals surface area contributed by atoms with Crippen molar-refractivity contribution < 1.29 is 9.90 Å². The smallest absolute Gasteiger partial charge is 0.331 e. The molecular formula is C21H40O2. The molecular weight excluding hydrogens is 284 g/mol. The topological polar surface area (TPSA) is 37.3 Å². The monoisotopic (exact) mass is 324 g/mol. The average Bonchev–Trinajstić information content (AvgIpc) is 2.54. The molecule has 0 spiro atoms. The molecule has 23 heavy (non-hydrogen) atoms. The van der Waals surface area contributed by atoms with Gasteiger partial charge in [0.05, 0.1) is 0 Å². The minimum atomic E-state index is -0.753. The number of hydrogen-bond donors (Lipinski definition) is 1. The zero-order chi connectivity index (χ0) is 17.3. The molecule has 0 aliphatic heterocycles. The fourth-order valence-corrected chi connectivity index (χ4v) is 3.14. The molecule has 0 amide bonds. The number of carboxylic acid groups (broad SMARTS) is 1. The van der Waals surface area contributed by atoms with E-state index >= 15 is 0 Å². The first-order valence-electron chi connectivity index (χ1n) is 10.0. The number of rotatable bonds is 16. The zero-order valence-electron chi connectivity index (χ0n) is 16.0. The molecule has 0 rings (SSSR count). The molecule has 0 radical (unpaired) electrons. The minimum Gasteiger partial charge on any atom is -0.478 e. The molecule has 1 N–H and O–H groups in total. The van der Waals surface area contributed by atoms with Crippen LogP contribution in [0.1, 0.15) is 117 Å². The van der Waals surface area contributed by atoms with Crippen molar-refractivity contribution in [2.75, 3.05) is 0 Å². The highest BCUT2D eigenvalue weighted by atomic mass is 16.4. The molecule has 2 heteroatoms. The Balaban J connectivity index is 3.40. The number of carboxylic acids is 1. The summed E-state index contributed by atoms with van der Waals surface area (Å²) < 4.78 is 0. The maximum absolute atomic E-state index is 11.0. The Morgan fingerprint density at radius 3 is 1.43 bits per heavy atom. The summed E-state index contributed by atoms with van der Waals surface area (Å²) >= 11 is 0. The molecule has 0 atom stereocenters. The SMILES string of the molecule is CCCCCCCCCCCCCCCC(CC)=C(C)C(=O)O. The molecule has 0 aromatic rings. The van der Waals surface area contributed by atoms with E-state index in [1.165, 1.54) is 77.0 Å². The predicted octanol–water partition coefficient (Wildman–Crippen LogP) is 7.28. The summed E-state index contributed by atoms with van der Waals surface area (Å²) in [7, 11) is 0. The number of aliphatic carboxylic acids is 1. The van der Waals surface area contributed by atoms with Gasteiger partial charge in [0.1, 0.15) is 0 Å². The van der Waals surface area contributed by atoms with Gasteiger partial charge in [-0.1, -0.05) is 96.5 Å². The van der Waals surface area contributed by atoms with Crippen LogP contribution in [-0.4, -0.2) is 11.1 Å². The molecule has 2 nitrogen and oxygen atoms in total. The summed E-state index contributed by atoms with van der Waals surface area (Å²) in [4.78, 5) is 11.0. The van der Waals surface area contributed by atoms with Crippen LogP contribution in [-0.2, 0) is 4.79 Å². The van der Waals surface area contributed by atoms with Crippen molar-refractivity contribution in [3.8, 4) is 0 Å². The molecule has 0 saturated heterocycles. The van der Waals surface area contributed by atoms with Crippen LogP contribution in [0.2, 0.25) is 0 Å². The highest BCUT2D eigenvalue weighted by molar-refractivity contribution is 5.86. The van der Waals surface area contributed by atoms with Crippen LogP contribution in [0.4, 0.5) is 0 Å². The Bertz CT molecular complexity index is 318. The van der Waals surface area contributed by atoms with Gasteiger partial charge in [0.2, 0.25) is 0 Å². The summed E-state index contributed by atoms with van der Waals surface area (Å²) in [6.45, 7) is 6.07. The van der Waals surface area contributed by atoms with Crippen molar-refractivity contribution >= 4 is 5.97 Å². The maximum atomic E-state index is 11.0. The lowest BCUT2D eigenvalue weighted by molar-refractivity contribution is -0.132. The number of unbranched alkanes of at least 4 members (excludes halogenated alkanes) is 12. The third-order valence-corrected chi connectivity index (χ3v) is 4.86. The van der Waals surface area contributed by atoms with Gasteiger partial charge < -0.3 is 5.11 Å². The molecule has 0 heterocycles. The molecule has 0 bridgehead atoms. The fourth-order valence-electron chi connectivity index (χ4n) is 3.14. The van der Waals surface area contributed by atoms with Gasteiger partial charge in [0.15, 0.2) is 0 Å². The van der Waals surface area contributed by atoms with Crippen molar-refractivity contribution in [2.24, 2.45) is 0 Å². The van der Waals surface area contributed by atoms with Crippen LogP contribution in [0.25, 0.3) is 0 Å². The first-order chi connectivity index (χ1) is 11.1. The largest absolute Gasteiger partial charge is 0.478 e. The highest BCUT2D eigenvalue weighted by Crippen LogP contribution is 2.18. The van der Waals surface area contributed by atoms with E-state index in [0.717, 1.165) is 24.8 Å². The summed E-state index contributed by atoms with van der Waals surface area (Å²) in [5, 5.41) is 9.03. The molecule has 0 unspecified atom stereocenters. The summed E-state index contributed by atoms with van der Waals surface area (Å²) in [5.41, 5.74) is 1.69. The molecule has 0 aliphatic rings. The minimum absolute atomic E-state index is 0.562. The van der Waals surface area contributed by atoms with E-state index in [2.05, 4.69) is 13.8 Å². The predicted molar refractivity (Wildman–Crippen MR) is 101 cm³/mol. The van der Waals surface area contributed by atoms with Crippen LogP contribution >= 0.6 is 0 Å². The average molecular weight is 325 g/mol. The van der Waals surface area contributed by atoms with Crippen LogP contribution < -0.4 is 0 Å². The van der Waals surface area contributed by atoms with E-state index < -0.39 is 5.97 Å². The number of carbonyl (C=O) groups is 1. The van der Waals surface area contributed by atoms with Gasteiger partial charge in [-0.05, 0) is 26.2 Å². The number of hydrogen-bond acceptors (Lipinski definition) is 1. The van der Waals surface area contributed by atoms with E-state index in [9.17, 15) is 4.79 Å². The Morgan fingerprint density at radius 2 is 1.09 bits per heavy atom. The molecule has 136 valence electrons. The van der Waals surface area contributed by atoms with Gasteiger partial charge >= 0.3 is 5.97 Å². The van der Waals surface area contributed by atoms with Crippen LogP contribution in [0.5, 0.6) is 0 Å². The lowest BCUT2D eigenvalue weighted by atomic mass is 9.99. The van der Waals surface area contributed by atoms with E-state index in [1.54, 1.807) is 6.92 Å². The lowest BCUT2D eigenvalue weighted by Crippen LogP contribution is -2.01. The maximum Gasteiger partial charge on any atom is 0.331 e. The van der Waals surface area contributed by atoms with Crippen molar-refractivity contribution in [1.29, 1.82) is 0 Å². The van der Waals surface area contributed by atoms with Gasteiger partial charge in [-0.15, -0.1) is 0 Å². The second kappa shape index (κ2) is 16.1. The summed E-state index contributed by atoms with van der Waals surface area (Å²) in [6.07, 6.45) is 19.5. The normalized spacial score (nSPS) is 12.3. The summed E-state index contributed by atoms with van der Waals surface area (Å²) in [5.74, 6) is -0.753.